The van der Waals surface area contributed by atoms with Crippen molar-refractivity contribution in [2.45, 2.75) is 13.3 Å². The van der Waals surface area contributed by atoms with E-state index in [0.717, 1.165) is 17.8 Å². The highest BCUT2D eigenvalue weighted by Gasteiger charge is 2.39. The Hall–Kier alpha value is -2.36. The number of nitrogens with one attached hydrogen (secondary N) is 2. The molecule has 0 radical (unpaired) electrons. The summed E-state index contributed by atoms with van der Waals surface area (Å²) in [5.74, 6) is 0.941. The van der Waals surface area contributed by atoms with Crippen molar-refractivity contribution >= 4 is 11.5 Å². The Balaban J connectivity index is 1.53. The van der Waals surface area contributed by atoms with E-state index < -0.39 is 0 Å². The molecule has 1 aromatic heterocycles. The molecule has 2 N–H and O–H groups in total. The fourth-order valence-corrected chi connectivity index (χ4v) is 2.51. The number of aromatic amines is 1. The lowest BCUT2D eigenvalue weighted by atomic mass is 10.1. The van der Waals surface area contributed by atoms with E-state index in [4.69, 9.17) is 0 Å². The van der Waals surface area contributed by atoms with E-state index in [1.807, 2.05) is 25.1 Å². The van der Waals surface area contributed by atoms with Crippen LogP contribution in [0, 0.1) is 5.92 Å². The molecule has 0 bridgehead atoms. The Morgan fingerprint density at radius 3 is 2.85 bits per heavy atom. The van der Waals surface area contributed by atoms with Gasteiger partial charge < -0.3 is 10.3 Å². The van der Waals surface area contributed by atoms with Crippen molar-refractivity contribution in [3.05, 3.63) is 59.7 Å². The molecule has 0 saturated heterocycles. The van der Waals surface area contributed by atoms with Crippen molar-refractivity contribution in [2.75, 3.05) is 6.54 Å². The summed E-state index contributed by atoms with van der Waals surface area (Å²) in [5, 5.41) is 2.97. The lowest BCUT2D eigenvalue weighted by Crippen LogP contribution is -2.28. The van der Waals surface area contributed by atoms with Gasteiger partial charge in [0.2, 0.25) is 5.91 Å². The van der Waals surface area contributed by atoms with Gasteiger partial charge in [-0.2, -0.15) is 0 Å². The number of imidazole rings is 1. The van der Waals surface area contributed by atoms with Gasteiger partial charge in [0.25, 0.3) is 0 Å². The first-order valence-corrected chi connectivity index (χ1v) is 6.79. The molecule has 1 aliphatic carbocycles. The molecular weight excluding hydrogens is 250 g/mol. The number of hydrogen-bond acceptors (Lipinski definition) is 2. The summed E-state index contributed by atoms with van der Waals surface area (Å²) in [4.78, 5) is 19.3. The van der Waals surface area contributed by atoms with Gasteiger partial charge in [-0.3, -0.25) is 4.79 Å². The Bertz CT molecular complexity index is 629. The van der Waals surface area contributed by atoms with Gasteiger partial charge in [0.15, 0.2) is 0 Å². The lowest BCUT2D eigenvalue weighted by Gasteiger charge is -2.04. The molecule has 1 aliphatic rings. The third-order valence-corrected chi connectivity index (χ3v) is 3.63. The summed E-state index contributed by atoms with van der Waals surface area (Å²) in [5.41, 5.74) is 3.49. The number of benzene rings is 1. The summed E-state index contributed by atoms with van der Waals surface area (Å²) >= 11 is 0. The van der Waals surface area contributed by atoms with Gasteiger partial charge in [-0.25, -0.2) is 4.98 Å². The van der Waals surface area contributed by atoms with E-state index in [-0.39, 0.29) is 11.8 Å². The monoisotopic (exact) mass is 267 g/mol. The molecule has 0 spiro atoms. The summed E-state index contributed by atoms with van der Waals surface area (Å²) in [6, 6.07) is 10.1. The van der Waals surface area contributed by atoms with Crippen LogP contribution < -0.4 is 5.32 Å². The van der Waals surface area contributed by atoms with E-state index in [9.17, 15) is 4.79 Å². The lowest BCUT2D eigenvalue weighted by molar-refractivity contribution is -0.121. The zero-order valence-electron chi connectivity index (χ0n) is 11.4. The second-order valence-electron chi connectivity index (χ2n) is 4.97. The molecule has 1 atom stereocenters. The van der Waals surface area contributed by atoms with Crippen LogP contribution in [-0.2, 0) is 11.2 Å². The number of carbonyl (C=O) groups excluding carboxylic acids is 1. The number of rotatable bonds is 5. The zero-order chi connectivity index (χ0) is 13.9. The number of H-pyrrole nitrogens is 1. The molecule has 4 nitrogen and oxygen atoms in total. The normalized spacial score (nSPS) is 17.1. The van der Waals surface area contributed by atoms with Crippen molar-refractivity contribution in [1.82, 2.24) is 15.3 Å². The number of carbonyl (C=O) groups is 1. The van der Waals surface area contributed by atoms with Crippen LogP contribution in [0.4, 0.5) is 0 Å². The van der Waals surface area contributed by atoms with Crippen molar-refractivity contribution in [2.24, 2.45) is 5.92 Å². The Kier molecular flexibility index (Phi) is 3.37. The third-order valence-electron chi connectivity index (χ3n) is 3.63. The van der Waals surface area contributed by atoms with E-state index in [0.29, 0.717) is 6.54 Å². The standard InChI is InChI=1S/C16H17N3O/c1-11-14(12-5-3-2-4-6-12)15(11)16(20)19-8-7-13-17-9-10-18-13/h2-6,9-10,15H,7-8H2,1H3,(H,17,18)(H,19,20)/t15-/m1/s1. The van der Waals surface area contributed by atoms with Crippen LogP contribution in [-0.4, -0.2) is 22.4 Å². The van der Waals surface area contributed by atoms with Gasteiger partial charge in [-0.1, -0.05) is 35.9 Å². The molecule has 0 unspecified atom stereocenters. The van der Waals surface area contributed by atoms with Crippen LogP contribution in [0.2, 0.25) is 0 Å². The first kappa shape index (κ1) is 12.7. The number of hydrogen-bond donors (Lipinski definition) is 2. The van der Waals surface area contributed by atoms with E-state index in [2.05, 4.69) is 27.4 Å². The quantitative estimate of drug-likeness (QED) is 0.872. The molecule has 2 aromatic rings. The molecule has 1 heterocycles. The van der Waals surface area contributed by atoms with Crippen molar-refractivity contribution in [1.29, 1.82) is 0 Å². The second-order valence-corrected chi connectivity index (χ2v) is 4.97. The Morgan fingerprint density at radius 2 is 2.15 bits per heavy atom. The highest BCUT2D eigenvalue weighted by atomic mass is 16.2. The zero-order valence-corrected chi connectivity index (χ0v) is 11.4. The van der Waals surface area contributed by atoms with Gasteiger partial charge in [0, 0.05) is 25.4 Å². The number of amides is 1. The van der Waals surface area contributed by atoms with Crippen molar-refractivity contribution < 1.29 is 4.79 Å². The largest absolute Gasteiger partial charge is 0.355 e. The molecular formula is C16H17N3O. The first-order chi connectivity index (χ1) is 9.77. The average molecular weight is 267 g/mol. The van der Waals surface area contributed by atoms with Crippen molar-refractivity contribution in [3.63, 3.8) is 0 Å². The molecule has 1 aromatic carbocycles. The minimum Gasteiger partial charge on any atom is -0.355 e. The topological polar surface area (TPSA) is 57.8 Å². The fourth-order valence-electron chi connectivity index (χ4n) is 2.51. The summed E-state index contributed by atoms with van der Waals surface area (Å²) in [6.07, 6.45) is 4.24. The Labute approximate surface area is 117 Å². The second kappa shape index (κ2) is 5.33. The summed E-state index contributed by atoms with van der Waals surface area (Å²) in [7, 11) is 0. The molecule has 0 saturated carbocycles. The van der Waals surface area contributed by atoms with E-state index in [1.54, 1.807) is 12.4 Å². The smallest absolute Gasteiger partial charge is 0.231 e. The highest BCUT2D eigenvalue weighted by Crippen LogP contribution is 2.46. The fraction of sp³-hybridized carbons (Fsp3) is 0.250. The van der Waals surface area contributed by atoms with Gasteiger partial charge in [-0.15, -0.1) is 0 Å². The molecule has 102 valence electrons. The van der Waals surface area contributed by atoms with Crippen LogP contribution in [0.15, 0.2) is 48.3 Å². The van der Waals surface area contributed by atoms with Crippen molar-refractivity contribution in [3.8, 4) is 0 Å². The maximum atomic E-state index is 12.1. The van der Waals surface area contributed by atoms with Gasteiger partial charge in [0.1, 0.15) is 5.82 Å². The van der Waals surface area contributed by atoms with Crippen LogP contribution in [0.5, 0.6) is 0 Å². The van der Waals surface area contributed by atoms with E-state index in [1.165, 1.54) is 11.1 Å². The predicted molar refractivity (Wildman–Crippen MR) is 77.8 cm³/mol. The Morgan fingerprint density at radius 1 is 1.35 bits per heavy atom. The SMILES string of the molecule is CC1=C(c2ccccc2)[C@@H]1C(=O)NCCc1ncc[nH]1. The van der Waals surface area contributed by atoms with Crippen LogP contribution in [0.1, 0.15) is 18.3 Å². The molecule has 3 rings (SSSR count). The average Bonchev–Trinajstić information content (AvgIpc) is 2.88. The maximum absolute atomic E-state index is 12.1. The highest BCUT2D eigenvalue weighted by molar-refractivity contribution is 6.05. The van der Waals surface area contributed by atoms with Crippen LogP contribution in [0.3, 0.4) is 0 Å². The van der Waals surface area contributed by atoms with Gasteiger partial charge in [-0.05, 0) is 18.1 Å². The first-order valence-electron chi connectivity index (χ1n) is 6.79. The van der Waals surface area contributed by atoms with Crippen LogP contribution in [0.25, 0.3) is 5.57 Å². The minimum absolute atomic E-state index is 0.0472. The molecule has 1 amide bonds. The number of aromatic nitrogens is 2. The molecule has 4 heteroatoms. The predicted octanol–water partition coefficient (Wildman–Crippen LogP) is 2.17. The van der Waals surface area contributed by atoms with Gasteiger partial charge >= 0.3 is 0 Å². The van der Waals surface area contributed by atoms with E-state index >= 15 is 0 Å². The summed E-state index contributed by atoms with van der Waals surface area (Å²) in [6.45, 7) is 2.64. The van der Waals surface area contributed by atoms with Crippen LogP contribution >= 0.6 is 0 Å². The molecule has 20 heavy (non-hydrogen) atoms. The minimum atomic E-state index is -0.0472. The third kappa shape index (κ3) is 2.50. The number of nitrogens with zero attached hydrogens (tertiary/aromatic N) is 1. The molecule has 0 aliphatic heterocycles. The maximum Gasteiger partial charge on any atom is 0.231 e. The molecule has 0 fully saturated rings. The van der Waals surface area contributed by atoms with Gasteiger partial charge in [0.05, 0.1) is 5.92 Å². The summed E-state index contributed by atoms with van der Waals surface area (Å²) < 4.78 is 0.